The highest BCUT2D eigenvalue weighted by Crippen LogP contribution is 2.38. The Hall–Kier alpha value is -2.52. The average Bonchev–Trinajstić information content (AvgIpc) is 3.03. The zero-order chi connectivity index (χ0) is 19.1. The van der Waals surface area contributed by atoms with E-state index in [-0.39, 0.29) is 42.2 Å². The smallest absolute Gasteiger partial charge is 0.370 e. The number of carbonyl (C=O) groups excluding carboxylic acids is 2. The SMILES string of the molecule is C=CC(=O)N1CCN(C(=O)c2cnn3c2NCCC3C(F)(F)F)[C@@H](C)C1. The molecule has 1 unspecified atom stereocenters. The molecule has 0 saturated carbocycles. The molecule has 0 radical (unpaired) electrons. The van der Waals surface area contributed by atoms with E-state index in [0.29, 0.717) is 19.6 Å². The summed E-state index contributed by atoms with van der Waals surface area (Å²) in [4.78, 5) is 27.7. The number of aromatic nitrogens is 2. The maximum atomic E-state index is 13.2. The van der Waals surface area contributed by atoms with Gasteiger partial charge in [-0.05, 0) is 19.4 Å². The van der Waals surface area contributed by atoms with Crippen LogP contribution in [0.1, 0.15) is 29.7 Å². The van der Waals surface area contributed by atoms with Gasteiger partial charge < -0.3 is 15.1 Å². The van der Waals surface area contributed by atoms with Crippen LogP contribution in [0.3, 0.4) is 0 Å². The molecule has 0 bridgehead atoms. The third-order valence-corrected chi connectivity index (χ3v) is 4.78. The molecule has 0 aromatic carbocycles. The number of nitrogens with one attached hydrogen (secondary N) is 1. The Kier molecular flexibility index (Phi) is 4.68. The van der Waals surface area contributed by atoms with E-state index in [0.717, 1.165) is 4.68 Å². The number of halogens is 3. The van der Waals surface area contributed by atoms with Gasteiger partial charge in [-0.1, -0.05) is 6.58 Å². The van der Waals surface area contributed by atoms with Gasteiger partial charge in [0.25, 0.3) is 5.91 Å². The quantitative estimate of drug-likeness (QED) is 0.803. The van der Waals surface area contributed by atoms with Crippen molar-refractivity contribution in [2.75, 3.05) is 31.5 Å². The second kappa shape index (κ2) is 6.65. The summed E-state index contributed by atoms with van der Waals surface area (Å²) in [6.45, 7) is 6.35. The van der Waals surface area contributed by atoms with Gasteiger partial charge in [0.05, 0.1) is 6.20 Å². The highest BCUT2D eigenvalue weighted by atomic mass is 19.4. The lowest BCUT2D eigenvalue weighted by atomic mass is 10.1. The molecule has 2 amide bonds. The lowest BCUT2D eigenvalue weighted by molar-refractivity contribution is -0.171. The fraction of sp³-hybridized carbons (Fsp3) is 0.562. The van der Waals surface area contributed by atoms with Crippen LogP contribution in [0.25, 0.3) is 0 Å². The van der Waals surface area contributed by atoms with Crippen LogP contribution in [0.5, 0.6) is 0 Å². The molecule has 2 aliphatic rings. The molecule has 3 rings (SSSR count). The van der Waals surface area contributed by atoms with Gasteiger partial charge in [0.2, 0.25) is 5.91 Å². The summed E-state index contributed by atoms with van der Waals surface area (Å²) in [5.41, 5.74) is 0.120. The van der Waals surface area contributed by atoms with Crippen molar-refractivity contribution in [3.05, 3.63) is 24.4 Å². The average molecular weight is 371 g/mol. The Bertz CT molecular complexity index is 730. The number of alkyl halides is 3. The first-order valence-corrected chi connectivity index (χ1v) is 8.34. The number of piperazine rings is 1. The maximum Gasteiger partial charge on any atom is 0.410 e. The lowest BCUT2D eigenvalue weighted by Gasteiger charge is -2.39. The summed E-state index contributed by atoms with van der Waals surface area (Å²) in [5, 5.41) is 6.67. The number of rotatable bonds is 2. The van der Waals surface area contributed by atoms with E-state index in [2.05, 4.69) is 17.0 Å². The van der Waals surface area contributed by atoms with Crippen molar-refractivity contribution < 1.29 is 22.8 Å². The monoisotopic (exact) mass is 371 g/mol. The Morgan fingerprint density at radius 2 is 2.12 bits per heavy atom. The van der Waals surface area contributed by atoms with Crippen LogP contribution < -0.4 is 5.32 Å². The molecular formula is C16H20F3N5O2. The minimum atomic E-state index is -4.42. The summed E-state index contributed by atoms with van der Waals surface area (Å²) < 4.78 is 40.4. The van der Waals surface area contributed by atoms with Crippen molar-refractivity contribution in [1.82, 2.24) is 19.6 Å². The van der Waals surface area contributed by atoms with Crippen LogP contribution >= 0.6 is 0 Å². The van der Waals surface area contributed by atoms with Crippen molar-refractivity contribution in [1.29, 1.82) is 0 Å². The van der Waals surface area contributed by atoms with Crippen LogP contribution in [0.15, 0.2) is 18.9 Å². The molecule has 1 N–H and O–H groups in total. The van der Waals surface area contributed by atoms with Gasteiger partial charge in [0, 0.05) is 32.2 Å². The van der Waals surface area contributed by atoms with E-state index in [9.17, 15) is 22.8 Å². The van der Waals surface area contributed by atoms with Crippen molar-refractivity contribution in [3.8, 4) is 0 Å². The molecule has 3 heterocycles. The van der Waals surface area contributed by atoms with Gasteiger partial charge in [-0.15, -0.1) is 0 Å². The molecule has 26 heavy (non-hydrogen) atoms. The molecule has 0 spiro atoms. The van der Waals surface area contributed by atoms with Crippen LogP contribution in [0.2, 0.25) is 0 Å². The minimum absolute atomic E-state index is 0.0976. The van der Waals surface area contributed by atoms with Crippen molar-refractivity contribution in [2.45, 2.75) is 31.6 Å². The van der Waals surface area contributed by atoms with E-state index in [1.807, 2.05) is 0 Å². The summed E-state index contributed by atoms with van der Waals surface area (Å²) in [6, 6.07) is -2.00. The second-order valence-corrected chi connectivity index (χ2v) is 6.46. The predicted molar refractivity (Wildman–Crippen MR) is 87.7 cm³/mol. The molecule has 1 aromatic heterocycles. The lowest BCUT2D eigenvalue weighted by Crippen LogP contribution is -2.55. The van der Waals surface area contributed by atoms with Crippen LogP contribution in [0.4, 0.5) is 19.0 Å². The normalized spacial score (nSPS) is 23.2. The van der Waals surface area contributed by atoms with Gasteiger partial charge >= 0.3 is 6.18 Å². The summed E-state index contributed by atoms with van der Waals surface area (Å²) in [7, 11) is 0. The molecule has 1 saturated heterocycles. The van der Waals surface area contributed by atoms with E-state index in [4.69, 9.17) is 0 Å². The molecule has 0 aliphatic carbocycles. The number of carbonyl (C=O) groups is 2. The molecule has 142 valence electrons. The number of fused-ring (bicyclic) bond motifs is 1. The van der Waals surface area contributed by atoms with Gasteiger partial charge in [-0.3, -0.25) is 9.59 Å². The molecule has 1 fully saturated rings. The van der Waals surface area contributed by atoms with E-state index < -0.39 is 12.2 Å². The van der Waals surface area contributed by atoms with Crippen molar-refractivity contribution in [2.24, 2.45) is 0 Å². The fourth-order valence-electron chi connectivity index (χ4n) is 3.43. The molecule has 10 heteroatoms. The van der Waals surface area contributed by atoms with Crippen molar-refractivity contribution >= 4 is 17.6 Å². The van der Waals surface area contributed by atoms with Gasteiger partial charge in [0.1, 0.15) is 11.4 Å². The molecule has 2 atom stereocenters. The standard InChI is InChI=1S/C16H20F3N5O2/c1-3-13(25)22-6-7-23(10(2)9-22)15(26)11-8-21-24-12(16(17,18)19)4-5-20-14(11)24/h3,8,10,12,20H,1,4-7,9H2,2H3/t10-,12?/m0/s1. The third-order valence-electron chi connectivity index (χ3n) is 4.78. The summed E-state index contributed by atoms with van der Waals surface area (Å²) in [5.74, 6) is -0.498. The fourth-order valence-corrected chi connectivity index (χ4v) is 3.43. The van der Waals surface area contributed by atoms with Gasteiger partial charge in [-0.25, -0.2) is 4.68 Å². The number of hydrogen-bond donors (Lipinski definition) is 1. The third kappa shape index (κ3) is 3.15. The van der Waals surface area contributed by atoms with Crippen LogP contribution in [-0.2, 0) is 4.79 Å². The highest BCUT2D eigenvalue weighted by Gasteiger charge is 2.45. The first-order chi connectivity index (χ1) is 12.2. The van der Waals surface area contributed by atoms with E-state index in [1.165, 1.54) is 12.3 Å². The topological polar surface area (TPSA) is 70.5 Å². The number of hydrogen-bond acceptors (Lipinski definition) is 4. The molecule has 2 aliphatic heterocycles. The number of amides is 2. The molecule has 1 aromatic rings. The highest BCUT2D eigenvalue weighted by molar-refractivity contribution is 5.99. The van der Waals surface area contributed by atoms with E-state index in [1.54, 1.807) is 16.7 Å². The van der Waals surface area contributed by atoms with Crippen LogP contribution in [0, 0.1) is 0 Å². The zero-order valence-corrected chi connectivity index (χ0v) is 14.3. The first-order valence-electron chi connectivity index (χ1n) is 8.34. The first kappa shape index (κ1) is 18.3. The largest absolute Gasteiger partial charge is 0.410 e. The summed E-state index contributed by atoms with van der Waals surface area (Å²) >= 11 is 0. The Morgan fingerprint density at radius 3 is 2.73 bits per heavy atom. The number of anilines is 1. The second-order valence-electron chi connectivity index (χ2n) is 6.46. The van der Waals surface area contributed by atoms with Gasteiger partial charge in [0.15, 0.2) is 6.04 Å². The zero-order valence-electron chi connectivity index (χ0n) is 14.3. The van der Waals surface area contributed by atoms with Crippen molar-refractivity contribution in [3.63, 3.8) is 0 Å². The molecule has 7 nitrogen and oxygen atoms in total. The van der Waals surface area contributed by atoms with E-state index >= 15 is 0 Å². The Labute approximate surface area is 148 Å². The molecular weight excluding hydrogens is 351 g/mol. The van der Waals surface area contributed by atoms with Crippen LogP contribution in [-0.4, -0.2) is 69.8 Å². The minimum Gasteiger partial charge on any atom is -0.370 e. The van der Waals surface area contributed by atoms with Gasteiger partial charge in [-0.2, -0.15) is 18.3 Å². The Morgan fingerprint density at radius 1 is 1.38 bits per heavy atom. The predicted octanol–water partition coefficient (Wildman–Crippen LogP) is 1.66. The number of nitrogens with zero attached hydrogens (tertiary/aromatic N) is 4. The summed E-state index contributed by atoms with van der Waals surface area (Å²) in [6.07, 6.45) is -2.15. The maximum absolute atomic E-state index is 13.2. The Balaban J connectivity index is 1.81.